The van der Waals surface area contributed by atoms with E-state index in [4.69, 9.17) is 18.0 Å². The molecule has 1 atom stereocenters. The predicted molar refractivity (Wildman–Crippen MR) is 161 cm³/mol. The van der Waals surface area contributed by atoms with Crippen LogP contribution in [0, 0.1) is 6.92 Å². The van der Waals surface area contributed by atoms with Crippen LogP contribution in [-0.4, -0.2) is 62.3 Å². The monoisotopic (exact) mass is 571 g/mol. The molecule has 1 aromatic carbocycles. The lowest BCUT2D eigenvalue weighted by Gasteiger charge is -2.40. The second-order valence-electron chi connectivity index (χ2n) is 10.4. The molecule has 1 aliphatic rings. The van der Waals surface area contributed by atoms with Gasteiger partial charge in [-0.3, -0.25) is 14.6 Å². The number of carbonyl (C=O) groups excluding carboxylic acids is 2. The highest BCUT2D eigenvalue weighted by atomic mass is 35.5. The third-order valence-electron chi connectivity index (χ3n) is 7.40. The Kier molecular flexibility index (Phi) is 7.36. The number of hydrogen-bond donors (Lipinski definition) is 0. The molecule has 5 rings (SSSR count). The van der Waals surface area contributed by atoms with Gasteiger partial charge in [-0.1, -0.05) is 56.3 Å². The first-order valence-corrected chi connectivity index (χ1v) is 13.8. The molecule has 3 aromatic heterocycles. The number of anilines is 1. The minimum atomic E-state index is -0.873. The average molecular weight is 572 g/mol. The van der Waals surface area contributed by atoms with Gasteiger partial charge in [0.25, 0.3) is 0 Å². The number of piperazine rings is 1. The van der Waals surface area contributed by atoms with Crippen molar-refractivity contribution in [2.24, 2.45) is 0 Å². The van der Waals surface area contributed by atoms with E-state index in [1.807, 2.05) is 38.7 Å². The molecule has 4 aromatic rings. The second kappa shape index (κ2) is 11.2. The van der Waals surface area contributed by atoms with Crippen LogP contribution in [0.1, 0.15) is 49.7 Å². The summed E-state index contributed by atoms with van der Waals surface area (Å²) in [6.45, 7) is 12.7. The fourth-order valence-corrected chi connectivity index (χ4v) is 5.63. The summed E-state index contributed by atoms with van der Waals surface area (Å²) in [5.74, 6) is 0.244. The number of halogens is 1. The molecule has 10 heteroatoms. The fraction of sp³-hybridized carbons (Fsp3) is 0.290. The van der Waals surface area contributed by atoms with Crippen LogP contribution >= 0.6 is 11.6 Å². The summed E-state index contributed by atoms with van der Waals surface area (Å²) < 4.78 is 9.25. The van der Waals surface area contributed by atoms with Crippen molar-refractivity contribution in [2.45, 2.75) is 39.7 Å². The van der Waals surface area contributed by atoms with Gasteiger partial charge in [-0.05, 0) is 43.5 Å². The van der Waals surface area contributed by atoms with E-state index in [0.717, 1.165) is 5.56 Å². The predicted octanol–water partition coefficient (Wildman–Crippen LogP) is 4.96. The van der Waals surface area contributed by atoms with Gasteiger partial charge in [0.1, 0.15) is 7.19 Å². The molecule has 41 heavy (non-hydrogen) atoms. The van der Waals surface area contributed by atoms with Crippen LogP contribution in [0.3, 0.4) is 0 Å². The van der Waals surface area contributed by atoms with Crippen molar-refractivity contribution in [3.63, 3.8) is 0 Å². The molecule has 0 spiro atoms. The number of aryl methyl sites for hydroxylation is 1. The van der Waals surface area contributed by atoms with Crippen LogP contribution in [0.25, 0.3) is 28.0 Å². The van der Waals surface area contributed by atoms with Gasteiger partial charge in [0.15, 0.2) is 11.9 Å². The van der Waals surface area contributed by atoms with Crippen LogP contribution in [-0.2, 0) is 4.79 Å². The zero-order valence-electron chi connectivity index (χ0n) is 24.4. The molecule has 1 aliphatic heterocycles. The molecule has 0 saturated carbocycles. The van der Waals surface area contributed by atoms with Crippen molar-refractivity contribution in [1.29, 1.82) is 0 Å². The van der Waals surface area contributed by atoms with Crippen LogP contribution in [0.2, 0.25) is 5.02 Å². The molecule has 4 heterocycles. The number of pyridine rings is 2. The third-order valence-corrected chi connectivity index (χ3v) is 7.69. The smallest absolute Gasteiger partial charge is 0.350 e. The van der Waals surface area contributed by atoms with Gasteiger partial charge in [0.2, 0.25) is 5.91 Å². The summed E-state index contributed by atoms with van der Waals surface area (Å²) in [6.07, 6.45) is 2.13. The molecule has 0 aliphatic carbocycles. The van der Waals surface area contributed by atoms with E-state index in [2.05, 4.69) is 16.5 Å². The van der Waals surface area contributed by atoms with E-state index in [1.165, 1.54) is 10.6 Å². The molecule has 0 unspecified atom stereocenters. The molecule has 1 fully saturated rings. The standard InChI is InChI=1S/C31H31ClN6O3/c1-6-25(40)36-13-14-37(20(5)16-36)29-23-15-24(32)27(22-10-8-7-9-21(22)17-39)34-30(23)38(31(41)35-29)28-19(4)11-12-33-26(28)18(2)3/h6-12,15,17-18,20H,1,13-14,16H2,2-5H3/t20-/m0/s1/i17D. The fourth-order valence-electron chi connectivity index (χ4n) is 5.38. The van der Waals surface area contributed by atoms with E-state index >= 15 is 0 Å². The molecular weight excluding hydrogens is 540 g/mol. The number of aldehydes is 1. The first kappa shape index (κ1) is 26.8. The average Bonchev–Trinajstić information content (AvgIpc) is 2.96. The summed E-state index contributed by atoms with van der Waals surface area (Å²) >= 11 is 6.85. The molecule has 1 amide bonds. The van der Waals surface area contributed by atoms with Gasteiger partial charge in [-0.25, -0.2) is 14.3 Å². The molecule has 0 bridgehead atoms. The first-order chi connectivity index (χ1) is 20.0. The summed E-state index contributed by atoms with van der Waals surface area (Å²) in [7, 11) is 0. The molecular formula is C31H31ClN6O3. The van der Waals surface area contributed by atoms with Crippen LogP contribution < -0.4 is 10.6 Å². The van der Waals surface area contributed by atoms with E-state index in [-0.39, 0.29) is 34.1 Å². The highest BCUT2D eigenvalue weighted by Gasteiger charge is 2.30. The number of carbonyl (C=O) groups is 2. The number of benzene rings is 1. The van der Waals surface area contributed by atoms with Crippen molar-refractivity contribution in [3.8, 4) is 16.9 Å². The Morgan fingerprint density at radius 3 is 2.66 bits per heavy atom. The van der Waals surface area contributed by atoms with Crippen LogP contribution in [0.5, 0.6) is 0 Å². The molecule has 0 radical (unpaired) electrons. The molecule has 210 valence electrons. The lowest BCUT2D eigenvalue weighted by atomic mass is 10.0. The van der Waals surface area contributed by atoms with E-state index in [0.29, 0.717) is 53.4 Å². The maximum absolute atomic E-state index is 14.0. The Hall–Kier alpha value is -4.37. The first-order valence-electron chi connectivity index (χ1n) is 13.9. The van der Waals surface area contributed by atoms with Gasteiger partial charge >= 0.3 is 5.69 Å². The lowest BCUT2D eigenvalue weighted by Crippen LogP contribution is -2.54. The topological polar surface area (TPSA) is 101 Å². The lowest BCUT2D eigenvalue weighted by molar-refractivity contribution is -0.126. The Bertz CT molecular complexity index is 1800. The normalized spacial score (nSPS) is 15.8. The largest absolute Gasteiger partial charge is 0.355 e. The molecule has 1 saturated heterocycles. The number of nitrogens with zero attached hydrogens (tertiary/aromatic N) is 6. The highest BCUT2D eigenvalue weighted by Crippen LogP contribution is 2.36. The zero-order valence-corrected chi connectivity index (χ0v) is 24.1. The van der Waals surface area contributed by atoms with Gasteiger partial charge in [0.05, 0.1) is 27.5 Å². The Morgan fingerprint density at radius 1 is 1.22 bits per heavy atom. The van der Waals surface area contributed by atoms with Crippen molar-refractivity contribution in [2.75, 3.05) is 24.5 Å². The van der Waals surface area contributed by atoms with Crippen molar-refractivity contribution >= 4 is 40.6 Å². The van der Waals surface area contributed by atoms with Crippen LogP contribution in [0.15, 0.2) is 60.0 Å². The second-order valence-corrected chi connectivity index (χ2v) is 10.8. The zero-order chi connectivity index (χ0) is 30.3. The summed E-state index contributed by atoms with van der Waals surface area (Å²) in [6, 6.07) is 10.0. The number of rotatable bonds is 6. The minimum absolute atomic E-state index is 0.00884. The van der Waals surface area contributed by atoms with Gasteiger partial charge in [0, 0.05) is 43.0 Å². The summed E-state index contributed by atoms with van der Waals surface area (Å²) in [4.78, 5) is 56.3. The number of hydrogen-bond acceptors (Lipinski definition) is 7. The van der Waals surface area contributed by atoms with Gasteiger partial charge in [-0.2, -0.15) is 4.98 Å². The van der Waals surface area contributed by atoms with Crippen molar-refractivity contribution in [3.05, 3.63) is 87.6 Å². The SMILES string of the molecule is [2H]C(=O)c1ccccc1-c1nc2c(cc1Cl)c(N1CCN(C(=O)C=C)C[C@@H]1C)nc(=O)n2-c1c(C)ccnc1C(C)C. The number of fused-ring (bicyclic) bond motifs is 1. The summed E-state index contributed by atoms with van der Waals surface area (Å²) in [5, 5.41) is 0.774. The molecule has 0 N–H and O–H groups in total. The van der Waals surface area contributed by atoms with Crippen LogP contribution in [0.4, 0.5) is 5.82 Å². The third kappa shape index (κ3) is 5.02. The summed E-state index contributed by atoms with van der Waals surface area (Å²) in [5.41, 5.74) is 2.67. The van der Waals surface area contributed by atoms with E-state index in [1.54, 1.807) is 41.4 Å². The Morgan fingerprint density at radius 2 is 1.98 bits per heavy atom. The molecule has 9 nitrogen and oxygen atoms in total. The number of aromatic nitrogens is 4. The minimum Gasteiger partial charge on any atom is -0.350 e. The van der Waals surface area contributed by atoms with Crippen molar-refractivity contribution < 1.29 is 11.0 Å². The van der Waals surface area contributed by atoms with E-state index < -0.39 is 12.0 Å². The number of amides is 1. The maximum atomic E-state index is 14.0. The van der Waals surface area contributed by atoms with Gasteiger partial charge in [-0.15, -0.1) is 0 Å². The van der Waals surface area contributed by atoms with Gasteiger partial charge < -0.3 is 9.80 Å². The highest BCUT2D eigenvalue weighted by molar-refractivity contribution is 6.34. The van der Waals surface area contributed by atoms with Crippen molar-refractivity contribution in [1.82, 2.24) is 24.4 Å². The Labute approximate surface area is 244 Å². The Balaban J connectivity index is 1.83. The van der Waals surface area contributed by atoms with E-state index in [9.17, 15) is 14.4 Å². The quantitative estimate of drug-likeness (QED) is 0.238. The maximum Gasteiger partial charge on any atom is 0.355 e.